The summed E-state index contributed by atoms with van der Waals surface area (Å²) in [7, 11) is 1.47. The molecule has 1 N–H and O–H groups in total. The number of allylic oxidation sites excluding steroid dienone is 4. The molecule has 1 unspecified atom stereocenters. The van der Waals surface area contributed by atoms with Crippen LogP contribution in [0.1, 0.15) is 206 Å². The van der Waals surface area contributed by atoms with E-state index in [9.17, 15) is 19.0 Å². The third-order valence-electron chi connectivity index (χ3n) is 9.95. The zero-order chi connectivity index (χ0) is 41.4. The van der Waals surface area contributed by atoms with Crippen molar-refractivity contribution in [1.82, 2.24) is 0 Å². The molecule has 0 spiro atoms. The Balaban J connectivity index is 4.32. The van der Waals surface area contributed by atoms with E-state index in [1.54, 1.807) is 0 Å². The standard InChI is InChI=1S/C46H88NO8P/c1-6-8-10-12-14-16-18-20-21-22-23-24-25-27-29-31-33-35-37-39-46(49)55-44(43-54-56(50,51)53-41-40-47(3,4)5)42-52-45(48)38-36-34-32-30-28-26-19-17-15-13-11-9-7-2/h20-21,26,28,44H,6-19,22-25,27,29-43H2,1-5H3/p+1/b21-20+,28-26+/t44-/m1/s1. The van der Waals surface area contributed by atoms with E-state index in [4.69, 9.17) is 18.5 Å². The number of hydrogen-bond donors (Lipinski definition) is 1. The number of carbonyl (C=O) groups is 2. The first-order chi connectivity index (χ1) is 27.0. The molecule has 0 aromatic heterocycles. The van der Waals surface area contributed by atoms with Gasteiger partial charge in [0.1, 0.15) is 19.8 Å². The van der Waals surface area contributed by atoms with Gasteiger partial charge in [-0.05, 0) is 64.2 Å². The van der Waals surface area contributed by atoms with Gasteiger partial charge >= 0.3 is 19.8 Å². The van der Waals surface area contributed by atoms with Crippen molar-refractivity contribution in [1.29, 1.82) is 0 Å². The lowest BCUT2D eigenvalue weighted by atomic mass is 10.1. The molecule has 0 rings (SSSR count). The van der Waals surface area contributed by atoms with Crippen LogP contribution in [0, 0.1) is 0 Å². The lowest BCUT2D eigenvalue weighted by molar-refractivity contribution is -0.870. The molecule has 330 valence electrons. The summed E-state index contributed by atoms with van der Waals surface area (Å²) in [6, 6.07) is 0. The minimum atomic E-state index is -4.38. The van der Waals surface area contributed by atoms with Crippen molar-refractivity contribution in [3.63, 3.8) is 0 Å². The molecule has 0 aliphatic heterocycles. The van der Waals surface area contributed by atoms with Crippen LogP contribution in [0.15, 0.2) is 24.3 Å². The molecule has 0 saturated carbocycles. The van der Waals surface area contributed by atoms with Crippen LogP contribution in [0.2, 0.25) is 0 Å². The first kappa shape index (κ1) is 54.5. The van der Waals surface area contributed by atoms with Gasteiger partial charge in [0.15, 0.2) is 6.10 Å². The van der Waals surface area contributed by atoms with Crippen molar-refractivity contribution >= 4 is 19.8 Å². The van der Waals surface area contributed by atoms with Gasteiger partial charge in [-0.15, -0.1) is 0 Å². The molecule has 0 aliphatic rings. The smallest absolute Gasteiger partial charge is 0.462 e. The first-order valence-electron chi connectivity index (χ1n) is 23.1. The molecule has 0 heterocycles. The molecule has 0 aromatic carbocycles. The largest absolute Gasteiger partial charge is 0.472 e. The molecular formula is C46H89NO8P+. The van der Waals surface area contributed by atoms with Crippen molar-refractivity contribution in [2.45, 2.75) is 213 Å². The van der Waals surface area contributed by atoms with Crippen LogP contribution < -0.4 is 0 Å². The summed E-state index contributed by atoms with van der Waals surface area (Å²) in [5.74, 6) is -0.814. The highest BCUT2D eigenvalue weighted by Crippen LogP contribution is 2.43. The number of carbonyl (C=O) groups excluding carboxylic acids is 2. The molecule has 0 saturated heterocycles. The molecule has 0 fully saturated rings. The van der Waals surface area contributed by atoms with Gasteiger partial charge in [-0.2, -0.15) is 0 Å². The molecule has 9 nitrogen and oxygen atoms in total. The highest BCUT2D eigenvalue weighted by molar-refractivity contribution is 7.47. The summed E-state index contributed by atoms with van der Waals surface area (Å²) in [5.41, 5.74) is 0. The van der Waals surface area contributed by atoms with Crippen molar-refractivity contribution in [3.8, 4) is 0 Å². The number of phosphoric ester groups is 1. The molecule has 0 bridgehead atoms. The Morgan fingerprint density at radius 1 is 0.536 bits per heavy atom. The van der Waals surface area contributed by atoms with Crippen LogP contribution in [0.5, 0.6) is 0 Å². The lowest BCUT2D eigenvalue weighted by Crippen LogP contribution is -2.37. The molecule has 56 heavy (non-hydrogen) atoms. The average molecular weight is 815 g/mol. The van der Waals surface area contributed by atoms with E-state index < -0.39 is 26.5 Å². The lowest BCUT2D eigenvalue weighted by Gasteiger charge is -2.24. The van der Waals surface area contributed by atoms with Crippen LogP contribution in [-0.4, -0.2) is 74.9 Å². The Morgan fingerprint density at radius 2 is 0.911 bits per heavy atom. The Labute approximate surface area is 345 Å². The molecule has 0 aromatic rings. The Kier molecular flexibility index (Phi) is 37.9. The van der Waals surface area contributed by atoms with Crippen molar-refractivity contribution in [2.75, 3.05) is 47.5 Å². The van der Waals surface area contributed by atoms with Gasteiger partial charge in [0.25, 0.3) is 0 Å². The second-order valence-electron chi connectivity index (χ2n) is 16.8. The van der Waals surface area contributed by atoms with E-state index in [1.807, 2.05) is 21.1 Å². The van der Waals surface area contributed by atoms with Gasteiger partial charge in [-0.25, -0.2) is 4.57 Å². The molecule has 0 radical (unpaired) electrons. The summed E-state index contributed by atoms with van der Waals surface area (Å²) >= 11 is 0. The van der Waals surface area contributed by atoms with Crippen molar-refractivity contribution < 1.29 is 42.1 Å². The molecule has 0 aliphatic carbocycles. The Hall–Kier alpha value is -1.51. The first-order valence-corrected chi connectivity index (χ1v) is 24.6. The highest BCUT2D eigenvalue weighted by atomic mass is 31.2. The summed E-state index contributed by atoms with van der Waals surface area (Å²) in [6.45, 7) is 4.41. The third kappa shape index (κ3) is 42.1. The van der Waals surface area contributed by atoms with E-state index in [1.165, 1.54) is 122 Å². The summed E-state index contributed by atoms with van der Waals surface area (Å²) in [4.78, 5) is 35.4. The fraction of sp³-hybridized carbons (Fsp3) is 0.870. The normalized spacial score (nSPS) is 13.8. The number of hydrogen-bond acceptors (Lipinski definition) is 7. The summed E-state index contributed by atoms with van der Waals surface area (Å²) < 4.78 is 34.3. The van der Waals surface area contributed by atoms with E-state index >= 15 is 0 Å². The fourth-order valence-corrected chi connectivity index (χ4v) is 7.04. The van der Waals surface area contributed by atoms with Crippen LogP contribution in [-0.2, 0) is 32.7 Å². The van der Waals surface area contributed by atoms with Gasteiger partial charge in [0, 0.05) is 12.8 Å². The van der Waals surface area contributed by atoms with Gasteiger partial charge in [0.05, 0.1) is 27.7 Å². The van der Waals surface area contributed by atoms with Gasteiger partial charge in [-0.3, -0.25) is 18.6 Å². The quantitative estimate of drug-likeness (QED) is 0.0213. The maximum Gasteiger partial charge on any atom is 0.472 e. The Bertz CT molecular complexity index is 1010. The van der Waals surface area contributed by atoms with Gasteiger partial charge < -0.3 is 18.9 Å². The minimum absolute atomic E-state index is 0.0304. The summed E-state index contributed by atoms with van der Waals surface area (Å²) in [6.07, 6.45) is 42.2. The summed E-state index contributed by atoms with van der Waals surface area (Å²) in [5, 5.41) is 0. The van der Waals surface area contributed by atoms with E-state index in [0.717, 1.165) is 44.9 Å². The van der Waals surface area contributed by atoms with E-state index in [0.29, 0.717) is 23.9 Å². The number of unbranched alkanes of at least 4 members (excludes halogenated alkanes) is 24. The maximum absolute atomic E-state index is 12.7. The number of likely N-dealkylation sites (N-methyl/N-ethyl adjacent to an activating group) is 1. The average Bonchev–Trinajstić information content (AvgIpc) is 3.15. The molecular weight excluding hydrogens is 725 g/mol. The zero-order valence-electron chi connectivity index (χ0n) is 37.1. The highest BCUT2D eigenvalue weighted by Gasteiger charge is 2.27. The SMILES string of the molecule is CCCCCCCC/C=C/CCCCCCCCCCCC(=O)O[C@H](COC(=O)CCCCC/C=C/CCCCCCCC)COP(=O)(O)OCC[N+](C)(C)C. The number of quaternary nitrogens is 1. The second-order valence-corrected chi connectivity index (χ2v) is 18.2. The molecule has 10 heteroatoms. The number of nitrogens with zero attached hydrogens (tertiary/aromatic N) is 1. The van der Waals surface area contributed by atoms with Crippen molar-refractivity contribution in [2.24, 2.45) is 0 Å². The van der Waals surface area contributed by atoms with Crippen LogP contribution in [0.3, 0.4) is 0 Å². The van der Waals surface area contributed by atoms with Crippen LogP contribution in [0.25, 0.3) is 0 Å². The fourth-order valence-electron chi connectivity index (χ4n) is 6.30. The number of phosphoric acid groups is 1. The second kappa shape index (κ2) is 39.0. The zero-order valence-corrected chi connectivity index (χ0v) is 38.0. The third-order valence-corrected chi connectivity index (χ3v) is 10.9. The monoisotopic (exact) mass is 815 g/mol. The van der Waals surface area contributed by atoms with Crippen molar-refractivity contribution in [3.05, 3.63) is 24.3 Å². The molecule has 2 atom stereocenters. The molecule has 0 amide bonds. The van der Waals surface area contributed by atoms with Crippen LogP contribution >= 0.6 is 7.82 Å². The van der Waals surface area contributed by atoms with Gasteiger partial charge in [0.2, 0.25) is 0 Å². The Morgan fingerprint density at radius 3 is 1.34 bits per heavy atom. The van der Waals surface area contributed by atoms with Gasteiger partial charge in [-0.1, -0.05) is 154 Å². The number of ether oxygens (including phenoxy) is 2. The van der Waals surface area contributed by atoms with Crippen LogP contribution in [0.4, 0.5) is 0 Å². The number of esters is 2. The predicted octanol–water partition coefficient (Wildman–Crippen LogP) is 13.1. The topological polar surface area (TPSA) is 108 Å². The van der Waals surface area contributed by atoms with E-state index in [-0.39, 0.29) is 32.0 Å². The predicted molar refractivity (Wildman–Crippen MR) is 234 cm³/mol. The minimum Gasteiger partial charge on any atom is -0.462 e. The van der Waals surface area contributed by atoms with E-state index in [2.05, 4.69) is 38.2 Å². The maximum atomic E-state index is 12.7. The number of rotatable bonds is 42.